The first-order valence-corrected chi connectivity index (χ1v) is 19.4. The molecule has 4 heteroatoms. The number of aromatic nitrogens is 1. The van der Waals surface area contributed by atoms with Crippen molar-refractivity contribution in [2.75, 3.05) is 31.2 Å². The van der Waals surface area contributed by atoms with Gasteiger partial charge in [-0.2, -0.15) is 0 Å². The summed E-state index contributed by atoms with van der Waals surface area (Å²) < 4.78 is 12.9. The van der Waals surface area contributed by atoms with Gasteiger partial charge in [0.1, 0.15) is 11.5 Å². The van der Waals surface area contributed by atoms with Gasteiger partial charge in [-0.05, 0) is 85.3 Å². The maximum atomic E-state index is 6.43. The molecule has 1 heterocycles. The minimum Gasteiger partial charge on any atom is -0.493 e. The highest BCUT2D eigenvalue weighted by molar-refractivity contribution is 5.80. The number of unbranched alkanes of at least 4 members (excludes halogenated alkanes) is 10. The first kappa shape index (κ1) is 38.0. The lowest BCUT2D eigenvalue weighted by Crippen LogP contribution is -2.27. The van der Waals surface area contributed by atoms with Crippen LogP contribution >= 0.6 is 0 Å². The number of para-hydroxylation sites is 2. The Morgan fingerprint density at radius 2 is 1.02 bits per heavy atom. The van der Waals surface area contributed by atoms with Crippen LogP contribution in [0.1, 0.15) is 112 Å². The van der Waals surface area contributed by atoms with Gasteiger partial charge >= 0.3 is 0 Å². The summed E-state index contributed by atoms with van der Waals surface area (Å²) in [6.07, 6.45) is 14.9. The van der Waals surface area contributed by atoms with E-state index in [1.165, 1.54) is 75.5 Å². The molecule has 0 saturated carbocycles. The zero-order valence-electron chi connectivity index (χ0n) is 31.2. The average molecular weight is 663 g/mol. The topological polar surface area (TPSA) is 34.6 Å². The molecule has 0 aliphatic carbocycles. The number of ether oxygens (including phenoxy) is 2. The minimum absolute atomic E-state index is 0.608. The molecule has 264 valence electrons. The van der Waals surface area contributed by atoms with Gasteiger partial charge in [-0.1, -0.05) is 128 Å². The van der Waals surface area contributed by atoms with Crippen molar-refractivity contribution in [3.05, 3.63) is 84.9 Å². The molecular formula is C45H62N2O2. The molecule has 0 spiro atoms. The summed E-state index contributed by atoms with van der Waals surface area (Å²) in [7, 11) is 0. The first-order valence-electron chi connectivity index (χ1n) is 19.4. The predicted molar refractivity (Wildman–Crippen MR) is 211 cm³/mol. The van der Waals surface area contributed by atoms with Gasteiger partial charge in [-0.25, -0.2) is 4.98 Å². The third-order valence-electron chi connectivity index (χ3n) is 9.20. The molecule has 0 aliphatic heterocycles. The van der Waals surface area contributed by atoms with E-state index >= 15 is 0 Å². The van der Waals surface area contributed by atoms with Crippen molar-refractivity contribution in [1.29, 1.82) is 0 Å². The number of benzene rings is 3. The monoisotopic (exact) mass is 662 g/mol. The number of anilines is 1. The quantitative estimate of drug-likeness (QED) is 0.0740. The van der Waals surface area contributed by atoms with E-state index in [2.05, 4.69) is 124 Å². The van der Waals surface area contributed by atoms with E-state index in [-0.39, 0.29) is 0 Å². The summed E-state index contributed by atoms with van der Waals surface area (Å²) in [5.41, 5.74) is 7.43. The highest BCUT2D eigenvalue weighted by Gasteiger charge is 2.16. The van der Waals surface area contributed by atoms with Gasteiger partial charge in [-0.15, -0.1) is 0 Å². The predicted octanol–water partition coefficient (Wildman–Crippen LogP) is 13.0. The standard InChI is InChI=1S/C45H62N2O2/c1-6-9-11-13-15-21-31-48-44-25-19-17-23-40(44)42-33-38(37-27-29-39(30-28-37)47(8-3)35-36(4)5)34-43(46-42)41-24-18-20-26-45(41)49-32-22-16-14-12-10-7-2/h17-20,23-30,33-34,36H,6-16,21-22,31-32,35H2,1-5H3. The van der Waals surface area contributed by atoms with E-state index < -0.39 is 0 Å². The molecule has 4 rings (SSSR count). The van der Waals surface area contributed by atoms with Crippen molar-refractivity contribution in [2.45, 2.75) is 112 Å². The van der Waals surface area contributed by atoms with Gasteiger partial charge in [0.25, 0.3) is 0 Å². The summed E-state index contributed by atoms with van der Waals surface area (Å²) in [6, 6.07) is 30.2. The maximum absolute atomic E-state index is 6.43. The van der Waals surface area contributed by atoms with Gasteiger partial charge in [0.2, 0.25) is 0 Å². The van der Waals surface area contributed by atoms with Crippen LogP contribution < -0.4 is 14.4 Å². The lowest BCUT2D eigenvalue weighted by Gasteiger charge is -2.25. The average Bonchev–Trinajstić information content (AvgIpc) is 3.13. The Morgan fingerprint density at radius 3 is 1.49 bits per heavy atom. The van der Waals surface area contributed by atoms with E-state index in [0.29, 0.717) is 5.92 Å². The van der Waals surface area contributed by atoms with Gasteiger partial charge in [0, 0.05) is 29.9 Å². The van der Waals surface area contributed by atoms with Gasteiger partial charge in [0.15, 0.2) is 0 Å². The fraction of sp³-hybridized carbons (Fsp3) is 0.489. The molecule has 4 nitrogen and oxygen atoms in total. The van der Waals surface area contributed by atoms with E-state index in [1.54, 1.807) is 0 Å². The summed E-state index contributed by atoms with van der Waals surface area (Å²) in [5, 5.41) is 0. The number of rotatable bonds is 23. The van der Waals surface area contributed by atoms with Crippen LogP contribution in [0.2, 0.25) is 0 Å². The van der Waals surface area contributed by atoms with Crippen molar-refractivity contribution in [1.82, 2.24) is 4.98 Å². The second kappa shape index (κ2) is 21.3. The Balaban J connectivity index is 1.65. The second-order valence-electron chi connectivity index (χ2n) is 13.8. The van der Waals surface area contributed by atoms with Crippen molar-refractivity contribution >= 4 is 5.69 Å². The normalized spacial score (nSPS) is 11.2. The number of hydrogen-bond acceptors (Lipinski definition) is 4. The molecule has 0 radical (unpaired) electrons. The summed E-state index contributed by atoms with van der Waals surface area (Å²) in [5.74, 6) is 2.39. The van der Waals surface area contributed by atoms with Crippen LogP contribution in [0.15, 0.2) is 84.9 Å². The molecule has 0 fully saturated rings. The van der Waals surface area contributed by atoms with E-state index in [0.717, 1.165) is 78.7 Å². The Bertz CT molecular complexity index is 1420. The van der Waals surface area contributed by atoms with E-state index in [1.807, 2.05) is 0 Å². The van der Waals surface area contributed by atoms with Gasteiger partial charge < -0.3 is 14.4 Å². The van der Waals surface area contributed by atoms with Crippen LogP contribution in [0.25, 0.3) is 33.6 Å². The van der Waals surface area contributed by atoms with Crippen LogP contribution in [-0.2, 0) is 0 Å². The lowest BCUT2D eigenvalue weighted by atomic mass is 9.99. The summed E-state index contributed by atoms with van der Waals surface area (Å²) in [6.45, 7) is 14.8. The second-order valence-corrected chi connectivity index (χ2v) is 13.8. The molecule has 0 atom stereocenters. The molecule has 0 amide bonds. The third-order valence-corrected chi connectivity index (χ3v) is 9.20. The van der Waals surface area contributed by atoms with Crippen LogP contribution in [0.5, 0.6) is 11.5 Å². The number of hydrogen-bond donors (Lipinski definition) is 0. The Morgan fingerprint density at radius 1 is 0.551 bits per heavy atom. The van der Waals surface area contributed by atoms with Crippen LogP contribution in [0, 0.1) is 5.92 Å². The fourth-order valence-corrected chi connectivity index (χ4v) is 6.43. The third kappa shape index (κ3) is 12.2. The Kier molecular flexibility index (Phi) is 16.5. The molecule has 4 aromatic rings. The zero-order valence-corrected chi connectivity index (χ0v) is 31.2. The molecule has 49 heavy (non-hydrogen) atoms. The molecule has 0 saturated heterocycles. The zero-order chi connectivity index (χ0) is 34.7. The smallest absolute Gasteiger partial charge is 0.128 e. The van der Waals surface area contributed by atoms with Crippen molar-refractivity contribution in [3.63, 3.8) is 0 Å². The van der Waals surface area contributed by atoms with Gasteiger partial charge in [-0.3, -0.25) is 0 Å². The molecule has 1 aromatic heterocycles. The van der Waals surface area contributed by atoms with Crippen LogP contribution in [-0.4, -0.2) is 31.3 Å². The number of nitrogens with zero attached hydrogens (tertiary/aromatic N) is 2. The number of pyridine rings is 1. The van der Waals surface area contributed by atoms with Crippen molar-refractivity contribution in [2.24, 2.45) is 5.92 Å². The van der Waals surface area contributed by atoms with Crippen molar-refractivity contribution < 1.29 is 9.47 Å². The van der Waals surface area contributed by atoms with E-state index in [4.69, 9.17) is 14.5 Å². The van der Waals surface area contributed by atoms with Crippen LogP contribution in [0.4, 0.5) is 5.69 Å². The largest absolute Gasteiger partial charge is 0.493 e. The lowest BCUT2D eigenvalue weighted by molar-refractivity contribution is 0.305. The van der Waals surface area contributed by atoms with Gasteiger partial charge in [0.05, 0.1) is 24.6 Å². The van der Waals surface area contributed by atoms with Crippen molar-refractivity contribution in [3.8, 4) is 45.1 Å². The molecule has 3 aromatic carbocycles. The summed E-state index contributed by atoms with van der Waals surface area (Å²) in [4.78, 5) is 7.75. The molecule has 0 N–H and O–H groups in total. The SMILES string of the molecule is CCCCCCCCOc1ccccc1-c1cc(-c2ccc(N(CC)CC(C)C)cc2)cc(-c2ccccc2OCCCCCCCC)n1. The molecule has 0 unspecified atom stereocenters. The highest BCUT2D eigenvalue weighted by atomic mass is 16.5. The molecule has 0 aliphatic rings. The fourth-order valence-electron chi connectivity index (χ4n) is 6.43. The Hall–Kier alpha value is -3.79. The summed E-state index contributed by atoms with van der Waals surface area (Å²) >= 11 is 0. The minimum atomic E-state index is 0.608. The molecule has 0 bridgehead atoms. The Labute approximate surface area is 298 Å². The maximum Gasteiger partial charge on any atom is 0.128 e. The first-order chi connectivity index (χ1) is 24.0. The molecular weight excluding hydrogens is 601 g/mol. The highest BCUT2D eigenvalue weighted by Crippen LogP contribution is 2.37. The van der Waals surface area contributed by atoms with E-state index in [9.17, 15) is 0 Å². The van der Waals surface area contributed by atoms with Crippen LogP contribution in [0.3, 0.4) is 0 Å².